The molecule has 0 atom stereocenters. The molecule has 0 bridgehead atoms. The van der Waals surface area contributed by atoms with Crippen molar-refractivity contribution >= 4 is 40.2 Å². The molecule has 0 saturated heterocycles. The number of anilines is 1. The lowest BCUT2D eigenvalue weighted by molar-refractivity contribution is -0.119. The number of furan rings is 1. The van der Waals surface area contributed by atoms with Crippen molar-refractivity contribution in [2.24, 2.45) is 0 Å². The summed E-state index contributed by atoms with van der Waals surface area (Å²) in [6.07, 6.45) is 2.63. The first-order chi connectivity index (χ1) is 9.15. The molecule has 0 aliphatic carbocycles. The molecular formula is C13H10INO4. The van der Waals surface area contributed by atoms with Crippen LogP contribution in [0.4, 0.5) is 5.69 Å². The van der Waals surface area contributed by atoms with Gasteiger partial charge in [0.1, 0.15) is 6.26 Å². The van der Waals surface area contributed by atoms with E-state index >= 15 is 0 Å². The molecule has 1 aromatic carbocycles. The zero-order chi connectivity index (χ0) is 13.7. The van der Waals surface area contributed by atoms with E-state index in [1.165, 1.54) is 18.6 Å². The van der Waals surface area contributed by atoms with Crippen molar-refractivity contribution < 1.29 is 18.7 Å². The maximum Gasteiger partial charge on any atom is 0.341 e. The zero-order valence-corrected chi connectivity index (χ0v) is 11.9. The van der Waals surface area contributed by atoms with Crippen LogP contribution in [0.3, 0.4) is 0 Å². The molecule has 0 saturated carbocycles. The average Bonchev–Trinajstić information content (AvgIpc) is 2.93. The summed E-state index contributed by atoms with van der Waals surface area (Å²) in [7, 11) is 0. The Morgan fingerprint density at radius 1 is 1.21 bits per heavy atom. The van der Waals surface area contributed by atoms with Crippen molar-refractivity contribution in [3.63, 3.8) is 0 Å². The van der Waals surface area contributed by atoms with Crippen molar-refractivity contribution in [3.8, 4) is 0 Å². The molecule has 0 aliphatic heterocycles. The van der Waals surface area contributed by atoms with Gasteiger partial charge in [0, 0.05) is 9.26 Å². The summed E-state index contributed by atoms with van der Waals surface area (Å²) in [5.74, 6) is -0.982. The van der Waals surface area contributed by atoms with Gasteiger partial charge in [-0.2, -0.15) is 0 Å². The quantitative estimate of drug-likeness (QED) is 0.663. The molecule has 6 heteroatoms. The molecule has 98 valence electrons. The molecule has 2 rings (SSSR count). The van der Waals surface area contributed by atoms with Gasteiger partial charge in [0.05, 0.1) is 11.8 Å². The normalized spacial score (nSPS) is 9.95. The second-order valence-electron chi connectivity index (χ2n) is 3.64. The lowest BCUT2D eigenvalue weighted by Crippen LogP contribution is -2.20. The van der Waals surface area contributed by atoms with Gasteiger partial charge >= 0.3 is 5.97 Å². The molecule has 0 spiro atoms. The molecule has 1 N–H and O–H groups in total. The van der Waals surface area contributed by atoms with Gasteiger partial charge in [0.15, 0.2) is 6.61 Å². The topological polar surface area (TPSA) is 68.5 Å². The van der Waals surface area contributed by atoms with Gasteiger partial charge in [0.25, 0.3) is 5.91 Å². The number of esters is 1. The monoisotopic (exact) mass is 371 g/mol. The van der Waals surface area contributed by atoms with E-state index in [0.29, 0.717) is 5.69 Å². The highest BCUT2D eigenvalue weighted by molar-refractivity contribution is 14.1. The fourth-order valence-electron chi connectivity index (χ4n) is 1.33. The van der Waals surface area contributed by atoms with E-state index in [9.17, 15) is 9.59 Å². The van der Waals surface area contributed by atoms with E-state index in [2.05, 4.69) is 27.9 Å². The molecule has 1 aromatic heterocycles. The van der Waals surface area contributed by atoms with E-state index in [1.54, 1.807) is 12.1 Å². The number of carbonyl (C=O) groups excluding carboxylic acids is 2. The summed E-state index contributed by atoms with van der Waals surface area (Å²) in [5, 5.41) is 2.63. The third-order valence-electron chi connectivity index (χ3n) is 2.22. The van der Waals surface area contributed by atoms with Crippen LogP contribution in [0.1, 0.15) is 10.4 Å². The largest absolute Gasteiger partial charge is 0.472 e. The van der Waals surface area contributed by atoms with Crippen molar-refractivity contribution in [1.82, 2.24) is 0 Å². The standard InChI is InChI=1S/C13H10INO4/c14-10-1-3-11(4-2-10)15-12(16)8-19-13(17)9-5-6-18-7-9/h1-7H,8H2,(H,15,16). The van der Waals surface area contributed by atoms with Crippen LogP contribution in [-0.4, -0.2) is 18.5 Å². The molecule has 19 heavy (non-hydrogen) atoms. The van der Waals surface area contributed by atoms with Crippen LogP contribution in [0.2, 0.25) is 0 Å². The van der Waals surface area contributed by atoms with Crippen LogP contribution >= 0.6 is 22.6 Å². The van der Waals surface area contributed by atoms with E-state index in [-0.39, 0.29) is 12.2 Å². The summed E-state index contributed by atoms with van der Waals surface area (Å²) in [6.45, 7) is -0.337. The average molecular weight is 371 g/mol. The first-order valence-electron chi connectivity index (χ1n) is 5.40. The molecule has 0 radical (unpaired) electrons. The predicted octanol–water partition coefficient (Wildman–Crippen LogP) is 2.68. The Labute approximate surface area is 123 Å². The summed E-state index contributed by atoms with van der Waals surface area (Å²) in [4.78, 5) is 23.0. The molecule has 2 aromatic rings. The molecule has 0 aliphatic rings. The van der Waals surface area contributed by atoms with Crippen molar-refractivity contribution in [2.75, 3.05) is 11.9 Å². The minimum Gasteiger partial charge on any atom is -0.472 e. The molecule has 0 unspecified atom stereocenters. The Hall–Kier alpha value is -1.83. The SMILES string of the molecule is O=C(COC(=O)c1ccoc1)Nc1ccc(I)cc1. The van der Waals surface area contributed by atoms with Gasteiger partial charge < -0.3 is 14.5 Å². The summed E-state index contributed by atoms with van der Waals surface area (Å²) < 4.78 is 10.7. The Balaban J connectivity index is 1.82. The van der Waals surface area contributed by atoms with Crippen LogP contribution in [-0.2, 0) is 9.53 Å². The van der Waals surface area contributed by atoms with Gasteiger partial charge in [-0.05, 0) is 52.9 Å². The summed E-state index contributed by atoms with van der Waals surface area (Å²) in [5.41, 5.74) is 0.937. The second kappa shape index (κ2) is 6.37. The highest BCUT2D eigenvalue weighted by atomic mass is 127. The minimum atomic E-state index is -0.591. The lowest BCUT2D eigenvalue weighted by Gasteiger charge is -2.05. The van der Waals surface area contributed by atoms with E-state index in [1.807, 2.05) is 12.1 Å². The van der Waals surface area contributed by atoms with E-state index in [0.717, 1.165) is 3.57 Å². The zero-order valence-electron chi connectivity index (χ0n) is 9.76. The van der Waals surface area contributed by atoms with Gasteiger partial charge in [-0.25, -0.2) is 4.79 Å². The Morgan fingerprint density at radius 3 is 2.58 bits per heavy atom. The van der Waals surface area contributed by atoms with Gasteiger partial charge in [-0.1, -0.05) is 0 Å². The maximum absolute atomic E-state index is 11.6. The van der Waals surface area contributed by atoms with Crippen molar-refractivity contribution in [3.05, 3.63) is 52.0 Å². The van der Waals surface area contributed by atoms with Gasteiger partial charge in [0.2, 0.25) is 0 Å². The summed E-state index contributed by atoms with van der Waals surface area (Å²) >= 11 is 2.17. The molecular weight excluding hydrogens is 361 g/mol. The third kappa shape index (κ3) is 4.09. The highest BCUT2D eigenvalue weighted by Gasteiger charge is 2.11. The number of halogens is 1. The van der Waals surface area contributed by atoms with Crippen LogP contribution in [0.5, 0.6) is 0 Å². The number of hydrogen-bond donors (Lipinski definition) is 1. The molecule has 1 amide bonds. The van der Waals surface area contributed by atoms with Gasteiger partial charge in [-0.15, -0.1) is 0 Å². The van der Waals surface area contributed by atoms with Crippen LogP contribution in [0.25, 0.3) is 0 Å². The smallest absolute Gasteiger partial charge is 0.341 e. The number of ether oxygens (including phenoxy) is 1. The Bertz CT molecular complexity index is 563. The summed E-state index contributed by atoms with van der Waals surface area (Å²) in [6, 6.07) is 8.76. The number of rotatable bonds is 4. The Morgan fingerprint density at radius 2 is 1.95 bits per heavy atom. The van der Waals surface area contributed by atoms with Crippen LogP contribution in [0.15, 0.2) is 47.3 Å². The maximum atomic E-state index is 11.6. The number of nitrogens with one attached hydrogen (secondary N) is 1. The molecule has 5 nitrogen and oxygen atoms in total. The van der Waals surface area contributed by atoms with E-state index in [4.69, 9.17) is 9.15 Å². The molecule has 1 heterocycles. The minimum absolute atomic E-state index is 0.280. The fourth-order valence-corrected chi connectivity index (χ4v) is 1.68. The predicted molar refractivity (Wildman–Crippen MR) is 76.8 cm³/mol. The van der Waals surface area contributed by atoms with Crippen molar-refractivity contribution in [2.45, 2.75) is 0 Å². The highest BCUT2D eigenvalue weighted by Crippen LogP contribution is 2.11. The number of amides is 1. The van der Waals surface area contributed by atoms with Crippen LogP contribution < -0.4 is 5.32 Å². The fraction of sp³-hybridized carbons (Fsp3) is 0.0769. The number of carbonyl (C=O) groups is 2. The lowest BCUT2D eigenvalue weighted by atomic mass is 10.3. The Kier molecular flexibility index (Phi) is 4.56. The number of benzene rings is 1. The molecule has 0 fully saturated rings. The van der Waals surface area contributed by atoms with Crippen LogP contribution in [0, 0.1) is 3.57 Å². The third-order valence-corrected chi connectivity index (χ3v) is 2.94. The van der Waals surface area contributed by atoms with Gasteiger partial charge in [-0.3, -0.25) is 4.79 Å². The second-order valence-corrected chi connectivity index (χ2v) is 4.89. The first kappa shape index (κ1) is 13.6. The first-order valence-corrected chi connectivity index (χ1v) is 6.48. The van der Waals surface area contributed by atoms with E-state index < -0.39 is 11.9 Å². The van der Waals surface area contributed by atoms with Crippen molar-refractivity contribution in [1.29, 1.82) is 0 Å². The number of hydrogen-bond acceptors (Lipinski definition) is 4.